The number of hydrogen-bond donors (Lipinski definition) is 3. The number of alkyl halides is 2. The Morgan fingerprint density at radius 3 is 2.43 bits per heavy atom. The number of likely N-dealkylation sites (tertiary alicyclic amines) is 1. The number of benzene rings is 3. The summed E-state index contributed by atoms with van der Waals surface area (Å²) in [5.41, 5.74) is 10.4. The van der Waals surface area contributed by atoms with Gasteiger partial charge in [0.05, 0.1) is 51.6 Å². The normalized spacial score (nSPS) is 19.3. The molecular formula is C49H48F3N11O8S. The Morgan fingerprint density at radius 2 is 1.69 bits per heavy atom. The van der Waals surface area contributed by atoms with Gasteiger partial charge < -0.3 is 20.3 Å². The fourth-order valence-corrected chi connectivity index (χ4v) is 10.8. The van der Waals surface area contributed by atoms with Gasteiger partial charge in [-0.05, 0) is 81.0 Å². The Kier molecular flexibility index (Phi) is 12.4. The predicted molar refractivity (Wildman–Crippen MR) is 256 cm³/mol. The summed E-state index contributed by atoms with van der Waals surface area (Å²) >= 11 is 0. The van der Waals surface area contributed by atoms with E-state index in [-0.39, 0.29) is 59.1 Å². The molecular weight excluding hydrogens is 960 g/mol. The van der Waals surface area contributed by atoms with Gasteiger partial charge in [0.2, 0.25) is 17.7 Å². The molecule has 0 aliphatic carbocycles. The summed E-state index contributed by atoms with van der Waals surface area (Å²) in [7, 11) is -3.37. The fraction of sp³-hybridized carbons (Fsp3) is 0.347. The summed E-state index contributed by atoms with van der Waals surface area (Å²) in [6.07, 6.45) is 7.12. The summed E-state index contributed by atoms with van der Waals surface area (Å²) in [4.78, 5) is 75.3. The number of anilines is 3. The smallest absolute Gasteiger partial charge is 0.355 e. The van der Waals surface area contributed by atoms with E-state index in [1.54, 1.807) is 49.2 Å². The van der Waals surface area contributed by atoms with Crippen LogP contribution in [0.2, 0.25) is 0 Å². The van der Waals surface area contributed by atoms with Gasteiger partial charge in [-0.25, -0.2) is 17.8 Å². The van der Waals surface area contributed by atoms with Crippen molar-refractivity contribution in [2.45, 2.75) is 69.4 Å². The molecule has 0 bridgehead atoms. The minimum Gasteiger partial charge on any atom is -0.484 e. The number of carbonyl (C=O) groups excluding carboxylic acids is 5. The monoisotopic (exact) mass is 1010 g/mol. The Morgan fingerprint density at radius 1 is 0.931 bits per heavy atom. The number of nitrogens with one attached hydrogen (secondary N) is 2. The van der Waals surface area contributed by atoms with Crippen molar-refractivity contribution in [2.75, 3.05) is 41.5 Å². The average Bonchev–Trinajstić information content (AvgIpc) is 4.07. The van der Waals surface area contributed by atoms with Crippen molar-refractivity contribution in [1.82, 2.24) is 39.7 Å². The molecule has 3 atom stereocenters. The summed E-state index contributed by atoms with van der Waals surface area (Å²) in [5, 5.41) is 12.2. The first kappa shape index (κ1) is 47.8. The highest BCUT2D eigenvalue weighted by molar-refractivity contribution is 7.93. The quantitative estimate of drug-likeness (QED) is 0.123. The Labute approximate surface area is 410 Å². The van der Waals surface area contributed by atoms with Crippen molar-refractivity contribution in [3.05, 3.63) is 102 Å². The standard InChI is InChI=1S/C49H48F3N11O8S/c1-26(27-8-11-31(50)12-9-27)71-38-21-28(10-13-35(38)58-72(69,70)49(51)52)42-41-43(59(2)57-42)34(23-54-44(41)53)30-22-55-62(25-30)32-16-19-60(20-17-32)46(66)29-5-4-18-61(24-29)36-7-3-6-33-40(36)48(68)63(47(33)67)37-14-15-39(64)56-45(37)65/h3,6-13,21-23,25-26,29,32,37,49,58H,4-5,14-20,24H2,1-2H3,(H2,53,54)(H,56,64,65)/t26-,29?,37?/m0/s1. The highest BCUT2D eigenvalue weighted by Gasteiger charge is 2.46. The Hall–Kier alpha value is -7.82. The summed E-state index contributed by atoms with van der Waals surface area (Å²) in [6, 6.07) is 13.6. The van der Waals surface area contributed by atoms with E-state index in [1.807, 2.05) is 25.4 Å². The predicted octanol–water partition coefficient (Wildman–Crippen LogP) is 5.81. The number of nitrogens with two attached hydrogens (primary N) is 1. The number of fused-ring (bicyclic) bond motifs is 2. The lowest BCUT2D eigenvalue weighted by Gasteiger charge is -2.39. The maximum Gasteiger partial charge on any atom is 0.355 e. The maximum atomic E-state index is 14.1. The van der Waals surface area contributed by atoms with Crippen molar-refractivity contribution in [1.29, 1.82) is 0 Å². The van der Waals surface area contributed by atoms with Crippen LogP contribution in [-0.4, -0.2) is 110 Å². The molecule has 3 fully saturated rings. The Bertz CT molecular complexity index is 3300. The first-order chi connectivity index (χ1) is 34.5. The maximum absolute atomic E-state index is 14.1. The zero-order chi connectivity index (χ0) is 50.7. The van der Waals surface area contributed by atoms with Gasteiger partial charge in [-0.2, -0.15) is 19.0 Å². The third kappa shape index (κ3) is 8.74. The van der Waals surface area contributed by atoms with Crippen LogP contribution in [0.15, 0.2) is 79.3 Å². The SMILES string of the molecule is C[C@H](Oc1cc(-c2nn(C)c3c(-c4cnn(C5CCN(C(=O)C6CCCN(c7cccc8c7C(=O)N(C7CCC(=O)NC7=O)C8=O)C6)CC5)c4)cnc(N)c23)ccc1NS(=O)(=O)C(F)F)c1ccc(F)cc1. The van der Waals surface area contributed by atoms with Crippen molar-refractivity contribution in [2.24, 2.45) is 13.0 Å². The van der Waals surface area contributed by atoms with E-state index in [2.05, 4.69) is 10.3 Å². The lowest BCUT2D eigenvalue weighted by molar-refractivity contribution is -0.137. The highest BCUT2D eigenvalue weighted by atomic mass is 32.2. The number of aromatic nitrogens is 5. The van der Waals surface area contributed by atoms with Crippen molar-refractivity contribution >= 4 is 67.7 Å². The van der Waals surface area contributed by atoms with Gasteiger partial charge in [-0.15, -0.1) is 0 Å². The molecule has 374 valence electrons. The van der Waals surface area contributed by atoms with E-state index in [0.717, 1.165) is 4.90 Å². The van der Waals surface area contributed by atoms with Crippen LogP contribution in [0.25, 0.3) is 33.3 Å². The van der Waals surface area contributed by atoms with E-state index in [4.69, 9.17) is 20.7 Å². The molecule has 0 saturated carbocycles. The molecule has 0 spiro atoms. The van der Waals surface area contributed by atoms with Gasteiger partial charge in [-0.1, -0.05) is 24.3 Å². The van der Waals surface area contributed by atoms with Crippen molar-refractivity contribution in [3.8, 4) is 28.1 Å². The largest absolute Gasteiger partial charge is 0.484 e. The van der Waals surface area contributed by atoms with Crippen molar-refractivity contribution < 1.29 is 50.3 Å². The van der Waals surface area contributed by atoms with Crippen LogP contribution in [-0.2, 0) is 31.5 Å². The molecule has 23 heteroatoms. The molecule has 6 aromatic rings. The zero-order valence-electron chi connectivity index (χ0n) is 38.9. The molecule has 10 rings (SSSR count). The van der Waals surface area contributed by atoms with Gasteiger partial charge >= 0.3 is 5.76 Å². The van der Waals surface area contributed by atoms with Crippen LogP contribution in [0.3, 0.4) is 0 Å². The van der Waals surface area contributed by atoms with Gasteiger partial charge in [0.15, 0.2) is 0 Å². The number of nitrogen functional groups attached to an aromatic ring is 1. The zero-order valence-corrected chi connectivity index (χ0v) is 39.7. The average molecular weight is 1010 g/mol. The molecule has 3 aromatic heterocycles. The topological polar surface area (TPSA) is 237 Å². The highest BCUT2D eigenvalue weighted by Crippen LogP contribution is 2.42. The van der Waals surface area contributed by atoms with Gasteiger partial charge in [-0.3, -0.25) is 48.3 Å². The number of pyridine rings is 1. The van der Waals surface area contributed by atoms with Crippen LogP contribution in [0.1, 0.15) is 83.9 Å². The second-order valence-corrected chi connectivity index (χ2v) is 20.0. The number of halogens is 3. The third-order valence-corrected chi connectivity index (χ3v) is 14.9. The summed E-state index contributed by atoms with van der Waals surface area (Å²) in [5.74, 6) is -6.81. The number of piperidine rings is 3. The van der Waals surface area contributed by atoms with E-state index in [0.29, 0.717) is 96.4 Å². The molecule has 5 amide bonds. The molecule has 0 radical (unpaired) electrons. The minimum absolute atomic E-state index is 0.00646. The summed E-state index contributed by atoms with van der Waals surface area (Å²) < 4.78 is 76.8. The first-order valence-corrected chi connectivity index (χ1v) is 24.9. The van der Waals surface area contributed by atoms with Gasteiger partial charge in [0, 0.05) is 68.7 Å². The second kappa shape index (κ2) is 18.7. The van der Waals surface area contributed by atoms with Crippen LogP contribution >= 0.6 is 0 Å². The lowest BCUT2D eigenvalue weighted by Crippen LogP contribution is -2.54. The molecule has 7 heterocycles. The van der Waals surface area contributed by atoms with E-state index >= 15 is 0 Å². The molecule has 2 unspecified atom stereocenters. The minimum atomic E-state index is -5.09. The van der Waals surface area contributed by atoms with Crippen molar-refractivity contribution in [3.63, 3.8) is 0 Å². The molecule has 4 N–H and O–H groups in total. The number of imide groups is 2. The van der Waals surface area contributed by atoms with E-state index in [1.165, 1.54) is 42.5 Å². The van der Waals surface area contributed by atoms with Crippen LogP contribution in [0, 0.1) is 11.7 Å². The number of amides is 5. The van der Waals surface area contributed by atoms with Gasteiger partial charge in [0.1, 0.15) is 35.2 Å². The number of rotatable bonds is 12. The molecule has 4 aliphatic heterocycles. The molecule has 19 nitrogen and oxygen atoms in total. The van der Waals surface area contributed by atoms with Crippen LogP contribution < -0.4 is 25.4 Å². The number of carbonyl (C=O) groups is 5. The van der Waals surface area contributed by atoms with E-state index < -0.39 is 57.4 Å². The molecule has 3 saturated heterocycles. The number of ether oxygens (including phenoxy) is 1. The molecule has 3 aromatic carbocycles. The number of hydrogen-bond acceptors (Lipinski definition) is 13. The fourth-order valence-electron chi connectivity index (χ4n) is 10.2. The molecule has 4 aliphatic rings. The van der Waals surface area contributed by atoms with E-state index in [9.17, 15) is 45.6 Å². The number of nitrogens with zero attached hydrogens (tertiary/aromatic N) is 8. The number of aryl methyl sites for hydroxylation is 1. The first-order valence-electron chi connectivity index (χ1n) is 23.4. The second-order valence-electron chi connectivity index (χ2n) is 18.4. The Balaban J connectivity index is 0.837. The van der Waals surface area contributed by atoms with Crippen LogP contribution in [0.4, 0.5) is 30.4 Å². The van der Waals surface area contributed by atoms with Gasteiger partial charge in [0.25, 0.3) is 21.8 Å². The molecule has 72 heavy (non-hydrogen) atoms. The number of sulfonamides is 1. The van der Waals surface area contributed by atoms with Crippen LogP contribution in [0.5, 0.6) is 5.75 Å². The lowest BCUT2D eigenvalue weighted by atomic mass is 9.93. The third-order valence-electron chi connectivity index (χ3n) is 13.9. The summed E-state index contributed by atoms with van der Waals surface area (Å²) in [6.45, 7) is 3.52.